The second-order valence-electron chi connectivity index (χ2n) is 8.27. The van der Waals surface area contributed by atoms with Gasteiger partial charge in [0.15, 0.2) is 0 Å². The van der Waals surface area contributed by atoms with Gasteiger partial charge < -0.3 is 10.6 Å². The molecule has 1 saturated carbocycles. The Labute approximate surface area is 151 Å². The van der Waals surface area contributed by atoms with E-state index in [2.05, 4.69) is 52.8 Å². The molecule has 3 aliphatic rings. The lowest BCUT2D eigenvalue weighted by Crippen LogP contribution is -2.46. The van der Waals surface area contributed by atoms with E-state index in [1.165, 1.54) is 18.4 Å². The number of carbonyl (C=O) groups is 1. The van der Waals surface area contributed by atoms with Crippen molar-refractivity contribution in [2.24, 2.45) is 11.3 Å². The number of hydrogen-bond acceptors (Lipinski definition) is 3. The maximum Gasteiger partial charge on any atom is 0.223 e. The molecule has 1 aromatic rings. The minimum absolute atomic E-state index is 0.288. The first-order chi connectivity index (χ1) is 12.2. The van der Waals surface area contributed by atoms with Crippen LogP contribution in [0.5, 0.6) is 0 Å². The molecule has 1 aromatic carbocycles. The quantitative estimate of drug-likeness (QED) is 0.885. The molecular formula is C21H31N3O. The molecule has 0 bridgehead atoms. The average molecular weight is 341 g/mol. The van der Waals surface area contributed by atoms with E-state index < -0.39 is 0 Å². The first-order valence-corrected chi connectivity index (χ1v) is 9.98. The summed E-state index contributed by atoms with van der Waals surface area (Å²) in [5, 5.41) is 6.78. The molecule has 136 valence electrons. The van der Waals surface area contributed by atoms with Gasteiger partial charge in [-0.25, -0.2) is 0 Å². The van der Waals surface area contributed by atoms with Gasteiger partial charge in [-0.2, -0.15) is 0 Å². The average Bonchev–Trinajstić information content (AvgIpc) is 3.36. The van der Waals surface area contributed by atoms with Gasteiger partial charge in [0, 0.05) is 31.1 Å². The van der Waals surface area contributed by atoms with E-state index in [1.807, 2.05) is 0 Å². The van der Waals surface area contributed by atoms with Gasteiger partial charge in [-0.1, -0.05) is 30.3 Å². The van der Waals surface area contributed by atoms with E-state index in [4.69, 9.17) is 0 Å². The first kappa shape index (κ1) is 17.0. The zero-order chi connectivity index (χ0) is 17.3. The summed E-state index contributed by atoms with van der Waals surface area (Å²) in [6, 6.07) is 11.6. The third-order valence-corrected chi connectivity index (χ3v) is 6.81. The lowest BCUT2D eigenvalue weighted by molar-refractivity contribution is -0.124. The topological polar surface area (TPSA) is 44.4 Å². The van der Waals surface area contributed by atoms with Gasteiger partial charge in [-0.05, 0) is 63.1 Å². The van der Waals surface area contributed by atoms with Crippen LogP contribution in [0.3, 0.4) is 0 Å². The third kappa shape index (κ3) is 3.61. The number of carbonyl (C=O) groups excluding carboxylic acids is 1. The van der Waals surface area contributed by atoms with Crippen molar-refractivity contribution in [2.75, 3.05) is 26.2 Å². The van der Waals surface area contributed by atoms with Crippen LogP contribution in [-0.4, -0.2) is 43.0 Å². The minimum Gasteiger partial charge on any atom is -0.353 e. The second kappa shape index (κ2) is 7.08. The lowest BCUT2D eigenvalue weighted by Gasteiger charge is -2.36. The maximum atomic E-state index is 12.6. The minimum atomic E-state index is 0.288. The number of amides is 1. The van der Waals surface area contributed by atoms with E-state index in [9.17, 15) is 4.79 Å². The number of rotatable bonds is 4. The fourth-order valence-corrected chi connectivity index (χ4v) is 4.87. The molecule has 4 heteroatoms. The van der Waals surface area contributed by atoms with Crippen LogP contribution >= 0.6 is 0 Å². The van der Waals surface area contributed by atoms with Gasteiger partial charge >= 0.3 is 0 Å². The van der Waals surface area contributed by atoms with Crippen molar-refractivity contribution in [3.05, 3.63) is 35.9 Å². The zero-order valence-electron chi connectivity index (χ0n) is 15.3. The number of nitrogens with one attached hydrogen (secondary N) is 2. The third-order valence-electron chi connectivity index (χ3n) is 6.81. The molecule has 2 saturated heterocycles. The van der Waals surface area contributed by atoms with Crippen LogP contribution in [0, 0.1) is 11.3 Å². The Morgan fingerprint density at radius 2 is 1.88 bits per heavy atom. The lowest BCUT2D eigenvalue weighted by atomic mass is 9.91. The number of benzene rings is 1. The van der Waals surface area contributed by atoms with Crippen molar-refractivity contribution >= 4 is 5.91 Å². The summed E-state index contributed by atoms with van der Waals surface area (Å²) in [4.78, 5) is 15.2. The predicted octanol–water partition coefficient (Wildman–Crippen LogP) is 2.72. The zero-order valence-corrected chi connectivity index (χ0v) is 15.3. The van der Waals surface area contributed by atoms with Crippen molar-refractivity contribution in [1.29, 1.82) is 0 Å². The molecule has 0 aromatic heterocycles. The van der Waals surface area contributed by atoms with Gasteiger partial charge in [0.2, 0.25) is 5.91 Å². The van der Waals surface area contributed by atoms with E-state index in [0.29, 0.717) is 23.4 Å². The highest BCUT2D eigenvalue weighted by Crippen LogP contribution is 2.58. The fraction of sp³-hybridized carbons (Fsp3) is 0.667. The van der Waals surface area contributed by atoms with Crippen molar-refractivity contribution in [2.45, 2.75) is 51.1 Å². The Bertz CT molecular complexity index is 588. The van der Waals surface area contributed by atoms with Crippen LogP contribution in [0.2, 0.25) is 0 Å². The molecule has 1 spiro atoms. The van der Waals surface area contributed by atoms with Gasteiger partial charge in [-0.15, -0.1) is 0 Å². The summed E-state index contributed by atoms with van der Waals surface area (Å²) in [6.45, 7) is 6.60. The van der Waals surface area contributed by atoms with Crippen LogP contribution in [0.15, 0.2) is 30.3 Å². The Morgan fingerprint density at radius 3 is 2.56 bits per heavy atom. The van der Waals surface area contributed by atoms with Crippen LogP contribution < -0.4 is 10.6 Å². The largest absolute Gasteiger partial charge is 0.353 e. The van der Waals surface area contributed by atoms with Crippen LogP contribution in [0.4, 0.5) is 0 Å². The number of likely N-dealkylation sites (tertiary alicyclic amines) is 1. The molecule has 2 atom stereocenters. The van der Waals surface area contributed by atoms with Gasteiger partial charge in [0.25, 0.3) is 0 Å². The molecule has 3 fully saturated rings. The predicted molar refractivity (Wildman–Crippen MR) is 100 cm³/mol. The number of piperidine rings is 2. The number of nitrogens with zero attached hydrogens (tertiary/aromatic N) is 1. The summed E-state index contributed by atoms with van der Waals surface area (Å²) < 4.78 is 0. The SMILES string of the molecule is CC(c1ccccc1)N1CCC(NC(=O)C2CC23CCNCC3)CC1. The van der Waals surface area contributed by atoms with Crippen molar-refractivity contribution in [3.8, 4) is 0 Å². The van der Waals surface area contributed by atoms with Gasteiger partial charge in [-0.3, -0.25) is 9.69 Å². The molecule has 1 aliphatic carbocycles. The standard InChI is InChI=1S/C21H31N3O/c1-16(17-5-3-2-4-6-17)24-13-7-18(8-14-24)23-20(25)19-15-21(19)9-11-22-12-10-21/h2-6,16,18-19,22H,7-15H2,1H3,(H,23,25). The number of hydrogen-bond donors (Lipinski definition) is 2. The first-order valence-electron chi connectivity index (χ1n) is 9.98. The smallest absolute Gasteiger partial charge is 0.223 e. The fourth-order valence-electron chi connectivity index (χ4n) is 4.87. The summed E-state index contributed by atoms with van der Waals surface area (Å²) in [5.74, 6) is 0.618. The molecule has 25 heavy (non-hydrogen) atoms. The van der Waals surface area contributed by atoms with Crippen LogP contribution in [0.25, 0.3) is 0 Å². The molecule has 1 amide bonds. The van der Waals surface area contributed by atoms with E-state index in [-0.39, 0.29) is 5.92 Å². The maximum absolute atomic E-state index is 12.6. The van der Waals surface area contributed by atoms with Gasteiger partial charge in [0.1, 0.15) is 0 Å². The molecular weight excluding hydrogens is 310 g/mol. The summed E-state index contributed by atoms with van der Waals surface area (Å²) in [5.41, 5.74) is 1.73. The molecule has 2 N–H and O–H groups in total. The Hall–Kier alpha value is -1.39. The summed E-state index contributed by atoms with van der Waals surface area (Å²) in [7, 11) is 0. The van der Waals surface area contributed by atoms with Crippen molar-refractivity contribution in [1.82, 2.24) is 15.5 Å². The highest BCUT2D eigenvalue weighted by atomic mass is 16.2. The molecule has 2 aliphatic heterocycles. The Balaban J connectivity index is 1.25. The van der Waals surface area contributed by atoms with E-state index in [0.717, 1.165) is 45.4 Å². The molecule has 2 unspecified atom stereocenters. The molecule has 4 nitrogen and oxygen atoms in total. The molecule has 2 heterocycles. The van der Waals surface area contributed by atoms with Crippen molar-refractivity contribution in [3.63, 3.8) is 0 Å². The molecule has 0 radical (unpaired) electrons. The van der Waals surface area contributed by atoms with E-state index >= 15 is 0 Å². The van der Waals surface area contributed by atoms with Crippen LogP contribution in [0.1, 0.15) is 50.6 Å². The monoisotopic (exact) mass is 341 g/mol. The van der Waals surface area contributed by atoms with Crippen molar-refractivity contribution < 1.29 is 4.79 Å². The second-order valence-corrected chi connectivity index (χ2v) is 8.27. The summed E-state index contributed by atoms with van der Waals surface area (Å²) >= 11 is 0. The Kier molecular flexibility index (Phi) is 4.83. The summed E-state index contributed by atoms with van der Waals surface area (Å²) in [6.07, 6.45) is 5.62. The van der Waals surface area contributed by atoms with Gasteiger partial charge in [0.05, 0.1) is 0 Å². The van der Waals surface area contributed by atoms with Crippen LogP contribution in [-0.2, 0) is 4.79 Å². The normalized spacial score (nSPS) is 27.8. The highest BCUT2D eigenvalue weighted by molar-refractivity contribution is 5.82. The Morgan fingerprint density at radius 1 is 1.20 bits per heavy atom. The molecule has 4 rings (SSSR count). The highest BCUT2D eigenvalue weighted by Gasteiger charge is 2.57. The van der Waals surface area contributed by atoms with E-state index in [1.54, 1.807) is 0 Å².